The summed E-state index contributed by atoms with van der Waals surface area (Å²) in [6.07, 6.45) is 0. The third-order valence-electron chi connectivity index (χ3n) is 2.44. The minimum absolute atomic E-state index is 0.178. The van der Waals surface area contributed by atoms with Gasteiger partial charge in [0.15, 0.2) is 18.1 Å². The maximum absolute atomic E-state index is 10.8. The molecule has 0 unspecified atom stereocenters. The topological polar surface area (TPSA) is 73.6 Å². The third kappa shape index (κ3) is 5.38. The molecule has 0 fully saturated rings. The number of carbonyl (C=O) groups excluding carboxylic acids is 1. The van der Waals surface area contributed by atoms with Crippen molar-refractivity contribution in [3.8, 4) is 11.5 Å². The standard InChI is InChI=1S/C14H21BrN2O3/c1-4-19-12-6-10(7-17-9(2)3)5-11(15)14(12)20-8-13(16)18/h5-6,9,17H,4,7-8H2,1-3H3,(H2,16,18). The molecule has 0 aliphatic carbocycles. The van der Waals surface area contributed by atoms with E-state index in [4.69, 9.17) is 15.2 Å². The van der Waals surface area contributed by atoms with E-state index in [0.717, 1.165) is 16.6 Å². The summed E-state index contributed by atoms with van der Waals surface area (Å²) in [5, 5.41) is 3.34. The second-order valence-electron chi connectivity index (χ2n) is 4.63. The van der Waals surface area contributed by atoms with Gasteiger partial charge in [0.25, 0.3) is 5.91 Å². The lowest BCUT2D eigenvalue weighted by Gasteiger charge is -2.15. The fourth-order valence-corrected chi connectivity index (χ4v) is 2.20. The molecule has 0 aromatic heterocycles. The predicted molar refractivity (Wildman–Crippen MR) is 82.0 cm³/mol. The first kappa shape index (κ1) is 16.8. The Bertz CT molecular complexity index is 464. The number of benzene rings is 1. The Labute approximate surface area is 127 Å². The molecule has 6 heteroatoms. The van der Waals surface area contributed by atoms with Crippen LogP contribution in [-0.2, 0) is 11.3 Å². The van der Waals surface area contributed by atoms with Crippen LogP contribution >= 0.6 is 15.9 Å². The molecule has 0 saturated heterocycles. The number of hydrogen-bond donors (Lipinski definition) is 2. The zero-order valence-electron chi connectivity index (χ0n) is 12.0. The van der Waals surface area contributed by atoms with E-state index >= 15 is 0 Å². The molecule has 0 spiro atoms. The number of hydrogen-bond acceptors (Lipinski definition) is 4. The van der Waals surface area contributed by atoms with Gasteiger partial charge in [0.2, 0.25) is 0 Å². The number of nitrogens with one attached hydrogen (secondary N) is 1. The molecule has 0 saturated carbocycles. The van der Waals surface area contributed by atoms with Gasteiger partial charge in [-0.15, -0.1) is 0 Å². The molecule has 1 amide bonds. The number of amides is 1. The van der Waals surface area contributed by atoms with Crippen LogP contribution in [0.4, 0.5) is 0 Å². The van der Waals surface area contributed by atoms with Gasteiger partial charge in [-0.05, 0) is 40.5 Å². The van der Waals surface area contributed by atoms with Gasteiger partial charge in [-0.25, -0.2) is 0 Å². The summed E-state index contributed by atoms with van der Waals surface area (Å²) in [7, 11) is 0. The number of carbonyl (C=O) groups is 1. The van der Waals surface area contributed by atoms with Crippen molar-refractivity contribution >= 4 is 21.8 Å². The molecule has 0 aliphatic rings. The monoisotopic (exact) mass is 344 g/mol. The molecule has 0 atom stereocenters. The molecular formula is C14H21BrN2O3. The van der Waals surface area contributed by atoms with E-state index in [-0.39, 0.29) is 6.61 Å². The van der Waals surface area contributed by atoms with Crippen LogP contribution in [0.15, 0.2) is 16.6 Å². The lowest BCUT2D eigenvalue weighted by atomic mass is 10.2. The largest absolute Gasteiger partial charge is 0.490 e. The second-order valence-corrected chi connectivity index (χ2v) is 5.48. The fourth-order valence-electron chi connectivity index (χ4n) is 1.59. The zero-order valence-corrected chi connectivity index (χ0v) is 13.6. The number of nitrogens with two attached hydrogens (primary N) is 1. The predicted octanol–water partition coefficient (Wildman–Crippen LogP) is 2.21. The average molecular weight is 345 g/mol. The molecule has 3 N–H and O–H groups in total. The van der Waals surface area contributed by atoms with E-state index in [1.165, 1.54) is 0 Å². The van der Waals surface area contributed by atoms with Crippen LogP contribution < -0.4 is 20.5 Å². The molecule has 0 radical (unpaired) electrons. The Morgan fingerprint density at radius 3 is 2.65 bits per heavy atom. The van der Waals surface area contributed by atoms with Crippen LogP contribution in [0.5, 0.6) is 11.5 Å². The normalized spacial score (nSPS) is 10.7. The van der Waals surface area contributed by atoms with Gasteiger partial charge in [-0.3, -0.25) is 4.79 Å². The lowest BCUT2D eigenvalue weighted by Crippen LogP contribution is -2.22. The molecular weight excluding hydrogens is 324 g/mol. The second kappa shape index (κ2) is 8.11. The van der Waals surface area contributed by atoms with E-state index in [1.807, 2.05) is 19.1 Å². The number of halogens is 1. The molecule has 1 rings (SSSR count). The maximum Gasteiger partial charge on any atom is 0.255 e. The number of ether oxygens (including phenoxy) is 2. The van der Waals surface area contributed by atoms with Crippen molar-refractivity contribution in [2.75, 3.05) is 13.2 Å². The van der Waals surface area contributed by atoms with Gasteiger partial charge in [0, 0.05) is 12.6 Å². The minimum Gasteiger partial charge on any atom is -0.490 e. The number of primary amides is 1. The van der Waals surface area contributed by atoms with Gasteiger partial charge in [-0.2, -0.15) is 0 Å². The molecule has 20 heavy (non-hydrogen) atoms. The zero-order chi connectivity index (χ0) is 15.1. The van der Waals surface area contributed by atoms with Gasteiger partial charge >= 0.3 is 0 Å². The highest BCUT2D eigenvalue weighted by atomic mass is 79.9. The summed E-state index contributed by atoms with van der Waals surface area (Å²) in [6, 6.07) is 4.24. The first-order valence-corrected chi connectivity index (χ1v) is 7.33. The van der Waals surface area contributed by atoms with Crippen molar-refractivity contribution in [2.45, 2.75) is 33.4 Å². The van der Waals surface area contributed by atoms with Gasteiger partial charge in [0.1, 0.15) is 0 Å². The molecule has 0 aliphatic heterocycles. The van der Waals surface area contributed by atoms with Crippen LogP contribution in [0.2, 0.25) is 0 Å². The minimum atomic E-state index is -0.523. The molecule has 0 heterocycles. The Kier molecular flexibility index (Phi) is 6.81. The van der Waals surface area contributed by atoms with Crippen LogP contribution in [0, 0.1) is 0 Å². The highest BCUT2D eigenvalue weighted by Gasteiger charge is 2.13. The number of rotatable bonds is 8. The summed E-state index contributed by atoms with van der Waals surface area (Å²) in [6.45, 7) is 7.13. The van der Waals surface area contributed by atoms with Crippen molar-refractivity contribution in [1.82, 2.24) is 5.32 Å². The average Bonchev–Trinajstić information content (AvgIpc) is 2.35. The molecule has 1 aromatic carbocycles. The summed E-state index contributed by atoms with van der Waals surface area (Å²) in [5.41, 5.74) is 6.17. The van der Waals surface area contributed by atoms with Crippen LogP contribution in [-0.4, -0.2) is 25.2 Å². The first-order valence-electron chi connectivity index (χ1n) is 6.53. The quantitative estimate of drug-likeness (QED) is 0.758. The Hall–Kier alpha value is -1.27. The summed E-state index contributed by atoms with van der Waals surface area (Å²) in [5.74, 6) is 0.576. The highest BCUT2D eigenvalue weighted by Crippen LogP contribution is 2.36. The molecule has 5 nitrogen and oxygen atoms in total. The van der Waals surface area contributed by atoms with E-state index < -0.39 is 5.91 Å². The van der Waals surface area contributed by atoms with Crippen LogP contribution in [0.3, 0.4) is 0 Å². The Balaban J connectivity index is 2.95. The maximum atomic E-state index is 10.8. The third-order valence-corrected chi connectivity index (χ3v) is 3.03. The van der Waals surface area contributed by atoms with Crippen molar-refractivity contribution < 1.29 is 14.3 Å². The molecule has 0 bridgehead atoms. The van der Waals surface area contributed by atoms with Gasteiger partial charge in [0.05, 0.1) is 11.1 Å². The Morgan fingerprint density at radius 1 is 1.40 bits per heavy atom. The molecule has 1 aromatic rings. The first-order chi connectivity index (χ1) is 9.43. The van der Waals surface area contributed by atoms with E-state index in [1.54, 1.807) is 0 Å². The summed E-state index contributed by atoms with van der Waals surface area (Å²) < 4.78 is 11.7. The summed E-state index contributed by atoms with van der Waals surface area (Å²) >= 11 is 3.44. The van der Waals surface area contributed by atoms with E-state index in [0.29, 0.717) is 24.1 Å². The smallest absolute Gasteiger partial charge is 0.255 e. The van der Waals surface area contributed by atoms with Gasteiger partial charge < -0.3 is 20.5 Å². The SMILES string of the molecule is CCOc1cc(CNC(C)C)cc(Br)c1OCC(N)=O. The van der Waals surface area contributed by atoms with Crippen molar-refractivity contribution in [3.05, 3.63) is 22.2 Å². The van der Waals surface area contributed by atoms with Gasteiger partial charge in [-0.1, -0.05) is 13.8 Å². The highest BCUT2D eigenvalue weighted by molar-refractivity contribution is 9.10. The van der Waals surface area contributed by atoms with Crippen molar-refractivity contribution in [1.29, 1.82) is 0 Å². The van der Waals surface area contributed by atoms with E-state index in [2.05, 4.69) is 35.1 Å². The van der Waals surface area contributed by atoms with Crippen LogP contribution in [0.25, 0.3) is 0 Å². The van der Waals surface area contributed by atoms with Crippen LogP contribution in [0.1, 0.15) is 26.3 Å². The Morgan fingerprint density at radius 2 is 2.10 bits per heavy atom. The van der Waals surface area contributed by atoms with Crippen molar-refractivity contribution in [3.63, 3.8) is 0 Å². The fraction of sp³-hybridized carbons (Fsp3) is 0.500. The van der Waals surface area contributed by atoms with Crippen molar-refractivity contribution in [2.24, 2.45) is 5.73 Å². The molecule has 112 valence electrons. The lowest BCUT2D eigenvalue weighted by molar-refractivity contribution is -0.119. The summed E-state index contributed by atoms with van der Waals surface area (Å²) in [4.78, 5) is 10.8. The van der Waals surface area contributed by atoms with E-state index in [9.17, 15) is 4.79 Å².